The van der Waals surface area contributed by atoms with Crippen LogP contribution in [0.2, 0.25) is 0 Å². The molecular formula is C23H25FN4O5S. The number of methoxy groups -OCH3 is 1. The van der Waals surface area contributed by atoms with Crippen LogP contribution in [0.3, 0.4) is 0 Å². The number of rotatable bonds is 8. The van der Waals surface area contributed by atoms with E-state index >= 15 is 0 Å². The molecule has 0 radical (unpaired) electrons. The summed E-state index contributed by atoms with van der Waals surface area (Å²) in [5.41, 5.74) is 0.489. The molecule has 0 unspecified atom stereocenters. The predicted molar refractivity (Wildman–Crippen MR) is 125 cm³/mol. The molecule has 3 rings (SSSR count). The van der Waals surface area contributed by atoms with Gasteiger partial charge in [-0.05, 0) is 29.8 Å². The number of hydrogen-bond acceptors (Lipinski definition) is 7. The van der Waals surface area contributed by atoms with E-state index in [4.69, 9.17) is 5.41 Å². The second-order valence-electron chi connectivity index (χ2n) is 7.52. The molecule has 11 heteroatoms. The SMILES string of the molecule is COC(=O)C(=N)/C(=C\C(=O)Nc1ccc(F)cc1)N1CCN(S(=O)(=O)Cc2ccccc2)CC1. The zero-order chi connectivity index (χ0) is 24.7. The Hall–Kier alpha value is -3.57. The first-order valence-electron chi connectivity index (χ1n) is 10.4. The minimum Gasteiger partial charge on any atom is -0.464 e. The minimum absolute atomic E-state index is 0.00608. The lowest BCUT2D eigenvalue weighted by Gasteiger charge is -2.36. The van der Waals surface area contributed by atoms with Crippen molar-refractivity contribution in [3.05, 3.63) is 77.8 Å². The number of carbonyl (C=O) groups is 2. The van der Waals surface area contributed by atoms with E-state index in [1.165, 1.54) is 28.6 Å². The van der Waals surface area contributed by atoms with E-state index in [9.17, 15) is 22.4 Å². The number of hydrogen-bond donors (Lipinski definition) is 2. The minimum atomic E-state index is -3.56. The highest BCUT2D eigenvalue weighted by molar-refractivity contribution is 7.88. The average molecular weight is 489 g/mol. The van der Waals surface area contributed by atoms with E-state index in [2.05, 4.69) is 10.1 Å². The van der Waals surface area contributed by atoms with Gasteiger partial charge in [-0.1, -0.05) is 30.3 Å². The molecule has 0 saturated carbocycles. The molecule has 1 aliphatic heterocycles. The molecule has 180 valence electrons. The van der Waals surface area contributed by atoms with Crippen LogP contribution < -0.4 is 5.32 Å². The van der Waals surface area contributed by atoms with Gasteiger partial charge in [-0.2, -0.15) is 4.31 Å². The van der Waals surface area contributed by atoms with Crippen LogP contribution in [0.5, 0.6) is 0 Å². The number of halogens is 1. The number of carbonyl (C=O) groups excluding carboxylic acids is 2. The summed E-state index contributed by atoms with van der Waals surface area (Å²) in [5, 5.41) is 10.7. The number of anilines is 1. The highest BCUT2D eigenvalue weighted by Gasteiger charge is 2.30. The van der Waals surface area contributed by atoms with Gasteiger partial charge in [0.2, 0.25) is 10.0 Å². The molecule has 2 aromatic rings. The zero-order valence-corrected chi connectivity index (χ0v) is 19.3. The lowest BCUT2D eigenvalue weighted by atomic mass is 10.2. The summed E-state index contributed by atoms with van der Waals surface area (Å²) in [6.07, 6.45) is 1.08. The topological polar surface area (TPSA) is 120 Å². The van der Waals surface area contributed by atoms with Gasteiger partial charge < -0.3 is 15.0 Å². The summed E-state index contributed by atoms with van der Waals surface area (Å²) in [6, 6.07) is 14.0. The number of ether oxygens (including phenoxy) is 1. The number of sulfonamides is 1. The Morgan fingerprint density at radius 3 is 2.26 bits per heavy atom. The van der Waals surface area contributed by atoms with Crippen LogP contribution in [0.1, 0.15) is 5.56 Å². The van der Waals surface area contributed by atoms with Gasteiger partial charge in [0.25, 0.3) is 5.91 Å². The average Bonchev–Trinajstić information content (AvgIpc) is 2.83. The van der Waals surface area contributed by atoms with E-state index in [1.54, 1.807) is 29.2 Å². The molecule has 0 spiro atoms. The van der Waals surface area contributed by atoms with E-state index in [-0.39, 0.29) is 37.6 Å². The molecule has 1 saturated heterocycles. The lowest BCUT2D eigenvalue weighted by molar-refractivity contribution is -0.132. The second kappa shape index (κ2) is 11.0. The molecule has 0 atom stereocenters. The summed E-state index contributed by atoms with van der Waals surface area (Å²) in [7, 11) is -2.44. The van der Waals surface area contributed by atoms with Crippen molar-refractivity contribution >= 4 is 33.3 Å². The van der Waals surface area contributed by atoms with Crippen molar-refractivity contribution in [3.63, 3.8) is 0 Å². The Morgan fingerprint density at radius 1 is 1.06 bits per heavy atom. The van der Waals surface area contributed by atoms with Crippen molar-refractivity contribution in [1.29, 1.82) is 5.41 Å². The Labute approximate surface area is 197 Å². The third-order valence-corrected chi connectivity index (χ3v) is 7.04. The molecule has 0 aromatic heterocycles. The van der Waals surface area contributed by atoms with Gasteiger partial charge in [-0.3, -0.25) is 10.2 Å². The van der Waals surface area contributed by atoms with Crippen LogP contribution in [0, 0.1) is 11.2 Å². The Bertz CT molecular complexity index is 1180. The van der Waals surface area contributed by atoms with Crippen molar-refractivity contribution in [2.45, 2.75) is 5.75 Å². The number of benzene rings is 2. The molecule has 34 heavy (non-hydrogen) atoms. The summed E-state index contributed by atoms with van der Waals surface area (Å²) >= 11 is 0. The van der Waals surface area contributed by atoms with Crippen molar-refractivity contribution in [2.75, 3.05) is 38.6 Å². The number of esters is 1. The quantitative estimate of drug-likeness (QED) is 0.333. The number of nitrogens with one attached hydrogen (secondary N) is 2. The van der Waals surface area contributed by atoms with E-state index in [0.29, 0.717) is 11.3 Å². The number of amides is 1. The van der Waals surface area contributed by atoms with Crippen molar-refractivity contribution in [3.8, 4) is 0 Å². The largest absolute Gasteiger partial charge is 0.464 e. The van der Waals surface area contributed by atoms with Gasteiger partial charge in [-0.15, -0.1) is 0 Å². The fourth-order valence-corrected chi connectivity index (χ4v) is 4.96. The molecule has 1 amide bonds. The standard InChI is InChI=1S/C23H25FN4O5S/c1-33-23(30)22(25)20(15-21(29)26-19-9-7-18(24)8-10-19)27-11-13-28(14-12-27)34(31,32)16-17-5-3-2-4-6-17/h2-10,15,25H,11-14,16H2,1H3,(H,26,29)/b20-15+,25-22?. The van der Waals surface area contributed by atoms with Gasteiger partial charge in [-0.25, -0.2) is 17.6 Å². The highest BCUT2D eigenvalue weighted by atomic mass is 32.2. The Morgan fingerprint density at radius 2 is 1.68 bits per heavy atom. The Balaban J connectivity index is 1.73. The molecular weight excluding hydrogens is 463 g/mol. The van der Waals surface area contributed by atoms with Crippen LogP contribution in [0.25, 0.3) is 0 Å². The van der Waals surface area contributed by atoms with E-state index in [1.807, 2.05) is 6.07 Å². The fraction of sp³-hybridized carbons (Fsp3) is 0.261. The third kappa shape index (κ3) is 6.49. The van der Waals surface area contributed by atoms with E-state index < -0.39 is 33.4 Å². The zero-order valence-electron chi connectivity index (χ0n) is 18.5. The van der Waals surface area contributed by atoms with Gasteiger partial charge in [0.15, 0.2) is 5.71 Å². The second-order valence-corrected chi connectivity index (χ2v) is 9.49. The maximum atomic E-state index is 13.1. The maximum absolute atomic E-state index is 13.1. The number of piperazine rings is 1. The first-order valence-corrected chi connectivity index (χ1v) is 12.0. The molecule has 2 N–H and O–H groups in total. The Kier molecular flexibility index (Phi) is 8.13. The summed E-state index contributed by atoms with van der Waals surface area (Å²) in [5.74, 6) is -2.15. The van der Waals surface area contributed by atoms with Gasteiger partial charge in [0.1, 0.15) is 5.82 Å². The summed E-state index contributed by atoms with van der Waals surface area (Å²) in [6.45, 7) is 0.590. The van der Waals surface area contributed by atoms with Gasteiger partial charge >= 0.3 is 5.97 Å². The van der Waals surface area contributed by atoms with Crippen LogP contribution in [0.4, 0.5) is 10.1 Å². The number of nitrogens with zero attached hydrogens (tertiary/aromatic N) is 2. The highest BCUT2D eigenvalue weighted by Crippen LogP contribution is 2.18. The van der Waals surface area contributed by atoms with Crippen molar-refractivity contribution < 1.29 is 27.1 Å². The lowest BCUT2D eigenvalue weighted by Crippen LogP contribution is -2.50. The molecule has 1 aliphatic rings. The maximum Gasteiger partial charge on any atom is 0.358 e. The van der Waals surface area contributed by atoms with Crippen molar-refractivity contribution in [1.82, 2.24) is 9.21 Å². The van der Waals surface area contributed by atoms with Gasteiger partial charge in [0.05, 0.1) is 18.6 Å². The summed E-state index contributed by atoms with van der Waals surface area (Å²) < 4.78 is 44.7. The molecule has 0 aliphatic carbocycles. The molecule has 9 nitrogen and oxygen atoms in total. The molecule has 2 aromatic carbocycles. The predicted octanol–water partition coefficient (Wildman–Crippen LogP) is 1.99. The van der Waals surface area contributed by atoms with Crippen LogP contribution in [-0.4, -0.2) is 68.5 Å². The fourth-order valence-electron chi connectivity index (χ4n) is 3.45. The van der Waals surface area contributed by atoms with Gasteiger partial charge in [0, 0.05) is 37.9 Å². The smallest absolute Gasteiger partial charge is 0.358 e. The first-order chi connectivity index (χ1) is 16.2. The van der Waals surface area contributed by atoms with Crippen LogP contribution >= 0.6 is 0 Å². The molecule has 0 bridgehead atoms. The van der Waals surface area contributed by atoms with Crippen LogP contribution in [0.15, 0.2) is 66.4 Å². The normalized spacial score (nSPS) is 15.0. The van der Waals surface area contributed by atoms with E-state index in [0.717, 1.165) is 13.2 Å². The monoisotopic (exact) mass is 488 g/mol. The first kappa shape index (κ1) is 25.1. The third-order valence-electron chi connectivity index (χ3n) is 5.19. The van der Waals surface area contributed by atoms with Crippen LogP contribution in [-0.2, 0) is 30.1 Å². The summed E-state index contributed by atoms with van der Waals surface area (Å²) in [4.78, 5) is 26.1. The molecule has 1 fully saturated rings. The van der Waals surface area contributed by atoms with Crippen molar-refractivity contribution in [2.24, 2.45) is 0 Å². The molecule has 1 heterocycles.